The van der Waals surface area contributed by atoms with Crippen LogP contribution in [0.3, 0.4) is 0 Å². The molecule has 108 valence electrons. The van der Waals surface area contributed by atoms with E-state index >= 15 is 0 Å². The van der Waals surface area contributed by atoms with Gasteiger partial charge in [0, 0.05) is 6.61 Å². The fraction of sp³-hybridized carbons (Fsp3) is 0.357. The Morgan fingerprint density at radius 3 is 3.05 bits per heavy atom. The molecule has 0 aromatic carbocycles. The normalized spacial score (nSPS) is 19.2. The molecule has 3 aromatic rings. The van der Waals surface area contributed by atoms with Gasteiger partial charge >= 0.3 is 0 Å². The van der Waals surface area contributed by atoms with Crippen LogP contribution in [0.2, 0.25) is 5.15 Å². The zero-order valence-corrected chi connectivity index (χ0v) is 12.8. The lowest BCUT2D eigenvalue weighted by Gasteiger charge is -2.25. The maximum atomic E-state index is 6.18. The SMILES string of the molecule is Clc1ncnc2c1nc(-c1cccs1)n2C1CCCCO1. The van der Waals surface area contributed by atoms with E-state index in [2.05, 4.69) is 19.5 Å². The molecule has 3 aromatic heterocycles. The number of hydrogen-bond donors (Lipinski definition) is 0. The lowest BCUT2D eigenvalue weighted by molar-refractivity contribution is -0.0287. The lowest BCUT2D eigenvalue weighted by atomic mass is 10.2. The third-order valence-corrected chi connectivity index (χ3v) is 4.76. The minimum Gasteiger partial charge on any atom is -0.358 e. The van der Waals surface area contributed by atoms with Crippen LogP contribution in [0, 0.1) is 0 Å². The van der Waals surface area contributed by atoms with Gasteiger partial charge in [-0.25, -0.2) is 15.0 Å². The van der Waals surface area contributed by atoms with Crippen molar-refractivity contribution in [3.8, 4) is 10.7 Å². The number of imidazole rings is 1. The lowest BCUT2D eigenvalue weighted by Crippen LogP contribution is -2.19. The molecule has 1 atom stereocenters. The van der Waals surface area contributed by atoms with Crippen LogP contribution in [0.1, 0.15) is 25.5 Å². The second kappa shape index (κ2) is 5.36. The summed E-state index contributed by atoms with van der Waals surface area (Å²) in [6.07, 6.45) is 4.65. The zero-order valence-electron chi connectivity index (χ0n) is 11.2. The van der Waals surface area contributed by atoms with Gasteiger partial charge in [0.15, 0.2) is 16.6 Å². The van der Waals surface area contributed by atoms with Crippen LogP contribution in [0.5, 0.6) is 0 Å². The van der Waals surface area contributed by atoms with Gasteiger partial charge in [0.05, 0.1) is 4.88 Å². The number of rotatable bonds is 2. The van der Waals surface area contributed by atoms with Crippen molar-refractivity contribution in [1.82, 2.24) is 19.5 Å². The van der Waals surface area contributed by atoms with Crippen LogP contribution in [0.15, 0.2) is 23.8 Å². The van der Waals surface area contributed by atoms with Crippen molar-refractivity contribution in [1.29, 1.82) is 0 Å². The first-order chi connectivity index (χ1) is 10.3. The average molecular weight is 321 g/mol. The van der Waals surface area contributed by atoms with Gasteiger partial charge in [-0.3, -0.25) is 4.57 Å². The van der Waals surface area contributed by atoms with E-state index in [-0.39, 0.29) is 6.23 Å². The topological polar surface area (TPSA) is 52.8 Å². The Hall–Kier alpha value is -1.50. The molecule has 5 nitrogen and oxygen atoms in total. The summed E-state index contributed by atoms with van der Waals surface area (Å²) in [6.45, 7) is 0.771. The Morgan fingerprint density at radius 1 is 1.33 bits per heavy atom. The second-order valence-corrected chi connectivity index (χ2v) is 6.25. The smallest absolute Gasteiger partial charge is 0.167 e. The van der Waals surface area contributed by atoms with E-state index in [0.717, 1.165) is 42.2 Å². The first-order valence-electron chi connectivity index (χ1n) is 6.88. The van der Waals surface area contributed by atoms with Crippen molar-refractivity contribution >= 4 is 34.1 Å². The molecule has 21 heavy (non-hydrogen) atoms. The summed E-state index contributed by atoms with van der Waals surface area (Å²) in [6, 6.07) is 4.06. The maximum Gasteiger partial charge on any atom is 0.167 e. The van der Waals surface area contributed by atoms with Gasteiger partial charge in [0.1, 0.15) is 18.1 Å². The molecule has 1 aliphatic rings. The van der Waals surface area contributed by atoms with Gasteiger partial charge in [-0.15, -0.1) is 11.3 Å². The predicted molar refractivity (Wildman–Crippen MR) is 82.5 cm³/mol. The molecule has 0 aliphatic carbocycles. The molecule has 1 saturated heterocycles. The number of ether oxygens (including phenoxy) is 1. The summed E-state index contributed by atoms with van der Waals surface area (Å²) in [5, 5.41) is 2.42. The second-order valence-electron chi connectivity index (χ2n) is 4.94. The van der Waals surface area contributed by atoms with E-state index in [0.29, 0.717) is 10.7 Å². The number of thiophene rings is 1. The quantitative estimate of drug-likeness (QED) is 0.672. The fourth-order valence-corrected chi connectivity index (χ4v) is 3.54. The molecule has 1 fully saturated rings. The van der Waals surface area contributed by atoms with Crippen LogP contribution in [-0.2, 0) is 4.74 Å². The van der Waals surface area contributed by atoms with Crippen molar-refractivity contribution in [3.05, 3.63) is 29.0 Å². The zero-order chi connectivity index (χ0) is 14.2. The summed E-state index contributed by atoms with van der Waals surface area (Å²) in [5.41, 5.74) is 1.38. The molecule has 4 heterocycles. The molecule has 1 unspecified atom stereocenters. The van der Waals surface area contributed by atoms with Crippen LogP contribution in [-0.4, -0.2) is 26.1 Å². The van der Waals surface area contributed by atoms with E-state index in [1.807, 2.05) is 17.5 Å². The molecule has 0 saturated carbocycles. The van der Waals surface area contributed by atoms with Crippen LogP contribution in [0.25, 0.3) is 21.9 Å². The molecule has 0 amide bonds. The number of fused-ring (bicyclic) bond motifs is 1. The molecule has 0 spiro atoms. The van der Waals surface area contributed by atoms with Gasteiger partial charge in [-0.1, -0.05) is 17.7 Å². The summed E-state index contributed by atoms with van der Waals surface area (Å²) in [5.74, 6) is 0.856. The first-order valence-corrected chi connectivity index (χ1v) is 8.14. The summed E-state index contributed by atoms with van der Waals surface area (Å²) >= 11 is 7.82. The largest absolute Gasteiger partial charge is 0.358 e. The highest BCUT2D eigenvalue weighted by Gasteiger charge is 2.25. The third-order valence-electron chi connectivity index (χ3n) is 3.62. The summed E-state index contributed by atoms with van der Waals surface area (Å²) in [4.78, 5) is 14.2. The monoisotopic (exact) mass is 320 g/mol. The minimum atomic E-state index is -0.0354. The van der Waals surface area contributed by atoms with Crippen molar-refractivity contribution in [2.45, 2.75) is 25.5 Å². The Morgan fingerprint density at radius 2 is 2.29 bits per heavy atom. The molecule has 1 aliphatic heterocycles. The maximum absolute atomic E-state index is 6.18. The Balaban J connectivity index is 1.96. The van der Waals surface area contributed by atoms with Crippen LogP contribution in [0.4, 0.5) is 0 Å². The average Bonchev–Trinajstić information content (AvgIpc) is 3.16. The van der Waals surface area contributed by atoms with Gasteiger partial charge in [0.2, 0.25) is 0 Å². The molecule has 7 heteroatoms. The van der Waals surface area contributed by atoms with Gasteiger partial charge in [0.25, 0.3) is 0 Å². The predicted octanol–water partition coefficient (Wildman–Crippen LogP) is 3.91. The molecule has 4 rings (SSSR count). The number of aromatic nitrogens is 4. The van der Waals surface area contributed by atoms with Crippen LogP contribution < -0.4 is 0 Å². The molecule has 0 bridgehead atoms. The minimum absolute atomic E-state index is 0.0354. The first kappa shape index (κ1) is 13.2. The number of hydrogen-bond acceptors (Lipinski definition) is 5. The van der Waals surface area contributed by atoms with Crippen molar-refractivity contribution in [2.24, 2.45) is 0 Å². The Kier molecular flexibility index (Phi) is 3.37. The molecule has 0 radical (unpaired) electrons. The van der Waals surface area contributed by atoms with Crippen molar-refractivity contribution in [3.63, 3.8) is 0 Å². The molecular weight excluding hydrogens is 308 g/mol. The molecular formula is C14H13ClN4OS. The summed E-state index contributed by atoms with van der Waals surface area (Å²) in [7, 11) is 0. The van der Waals surface area contributed by atoms with E-state index in [9.17, 15) is 0 Å². The standard InChI is InChI=1S/C14H13ClN4OS/c15-12-11-14(17-8-16-12)19(10-5-1-2-6-20-10)13(18-11)9-4-3-7-21-9/h3-4,7-8,10H,1-2,5-6H2. The van der Waals surface area contributed by atoms with E-state index < -0.39 is 0 Å². The van der Waals surface area contributed by atoms with Crippen LogP contribution >= 0.6 is 22.9 Å². The van der Waals surface area contributed by atoms with E-state index in [1.165, 1.54) is 6.33 Å². The Bertz CT molecular complexity index is 765. The number of halogens is 1. The highest BCUT2D eigenvalue weighted by atomic mass is 35.5. The highest BCUT2D eigenvalue weighted by molar-refractivity contribution is 7.13. The van der Waals surface area contributed by atoms with Crippen molar-refractivity contribution in [2.75, 3.05) is 6.61 Å². The number of nitrogens with zero attached hydrogens (tertiary/aromatic N) is 4. The highest BCUT2D eigenvalue weighted by Crippen LogP contribution is 2.35. The third kappa shape index (κ3) is 2.23. The Labute approximate surface area is 130 Å². The van der Waals surface area contributed by atoms with Gasteiger partial charge < -0.3 is 4.74 Å². The summed E-state index contributed by atoms with van der Waals surface area (Å²) < 4.78 is 8.00. The molecule has 0 N–H and O–H groups in total. The van der Waals surface area contributed by atoms with E-state index in [4.69, 9.17) is 16.3 Å². The van der Waals surface area contributed by atoms with E-state index in [1.54, 1.807) is 11.3 Å². The fourth-order valence-electron chi connectivity index (χ4n) is 2.66. The van der Waals surface area contributed by atoms with Crippen molar-refractivity contribution < 1.29 is 4.74 Å². The van der Waals surface area contributed by atoms with Gasteiger partial charge in [-0.05, 0) is 30.7 Å². The van der Waals surface area contributed by atoms with Gasteiger partial charge in [-0.2, -0.15) is 0 Å².